The predicted octanol–water partition coefficient (Wildman–Crippen LogP) is 1.39. The molecule has 110 valence electrons. The fourth-order valence-electron chi connectivity index (χ4n) is 2.19. The van der Waals surface area contributed by atoms with Gasteiger partial charge in [0, 0.05) is 31.7 Å². The Morgan fingerprint density at radius 3 is 2.15 bits per heavy atom. The summed E-state index contributed by atoms with van der Waals surface area (Å²) in [5, 5.41) is -0.592. The molecule has 1 saturated heterocycles. The summed E-state index contributed by atoms with van der Waals surface area (Å²) < 4.78 is 26.4. The quantitative estimate of drug-likeness (QED) is 0.788. The van der Waals surface area contributed by atoms with E-state index in [0.717, 1.165) is 19.6 Å². The Morgan fingerprint density at radius 2 is 1.70 bits per heavy atom. The number of halogens is 1. The minimum absolute atomic E-state index is 0.198. The zero-order chi connectivity index (χ0) is 14.8. The normalized spacial score (nSPS) is 18.1. The first-order valence-electron chi connectivity index (χ1n) is 6.47. The third-order valence-electron chi connectivity index (χ3n) is 3.50. The molecule has 0 aliphatic carbocycles. The zero-order valence-electron chi connectivity index (χ0n) is 11.3. The summed E-state index contributed by atoms with van der Waals surface area (Å²) >= 11 is 5.35. The summed E-state index contributed by atoms with van der Waals surface area (Å²) in [6.07, 6.45) is 0. The number of carbonyl (C=O) groups excluding carboxylic acids is 1. The van der Waals surface area contributed by atoms with Crippen molar-refractivity contribution in [3.8, 4) is 0 Å². The molecule has 0 bridgehead atoms. The summed E-state index contributed by atoms with van der Waals surface area (Å²) in [4.78, 5) is 13.4. The average Bonchev–Trinajstić information content (AvgIpc) is 2.47. The molecule has 1 aromatic rings. The molecule has 0 aromatic heterocycles. The van der Waals surface area contributed by atoms with Crippen molar-refractivity contribution in [2.45, 2.75) is 11.8 Å². The summed E-state index contributed by atoms with van der Waals surface area (Å²) in [5.74, 6) is 0. The minimum atomic E-state index is -3.48. The first kappa shape index (κ1) is 15.4. The molecule has 1 fully saturated rings. The van der Waals surface area contributed by atoms with E-state index in [4.69, 9.17) is 11.6 Å². The largest absolute Gasteiger partial charge is 0.301 e. The number of carbonyl (C=O) groups is 1. The van der Waals surface area contributed by atoms with Gasteiger partial charge >= 0.3 is 0 Å². The highest BCUT2D eigenvalue weighted by Crippen LogP contribution is 2.18. The van der Waals surface area contributed by atoms with Gasteiger partial charge in [-0.1, -0.05) is 6.92 Å². The maximum absolute atomic E-state index is 12.5. The van der Waals surface area contributed by atoms with Crippen LogP contribution in [-0.2, 0) is 10.0 Å². The van der Waals surface area contributed by atoms with Gasteiger partial charge in [-0.25, -0.2) is 8.42 Å². The monoisotopic (exact) mass is 316 g/mol. The number of rotatable bonds is 4. The van der Waals surface area contributed by atoms with Gasteiger partial charge in [-0.05, 0) is 42.4 Å². The van der Waals surface area contributed by atoms with Crippen LogP contribution in [0.4, 0.5) is 0 Å². The molecule has 0 atom stereocenters. The number of piperazine rings is 1. The summed E-state index contributed by atoms with van der Waals surface area (Å²) in [5.41, 5.74) is 0.293. The zero-order valence-corrected chi connectivity index (χ0v) is 12.8. The van der Waals surface area contributed by atoms with Crippen LogP contribution in [0.15, 0.2) is 29.2 Å². The molecule has 1 aliphatic heterocycles. The number of hydrogen-bond donors (Lipinski definition) is 0. The third kappa shape index (κ3) is 3.20. The van der Waals surface area contributed by atoms with Gasteiger partial charge in [-0.15, -0.1) is 0 Å². The Bertz CT molecular complexity index is 578. The van der Waals surface area contributed by atoms with Gasteiger partial charge in [0.25, 0.3) is 5.24 Å². The van der Waals surface area contributed by atoms with Crippen LogP contribution in [0.3, 0.4) is 0 Å². The summed E-state index contributed by atoms with van der Waals surface area (Å²) in [7, 11) is -3.48. The van der Waals surface area contributed by atoms with E-state index in [-0.39, 0.29) is 4.90 Å². The third-order valence-corrected chi connectivity index (χ3v) is 5.63. The summed E-state index contributed by atoms with van der Waals surface area (Å²) in [6, 6.07) is 5.73. The lowest BCUT2D eigenvalue weighted by Crippen LogP contribution is -2.48. The van der Waals surface area contributed by atoms with E-state index in [1.165, 1.54) is 28.6 Å². The number of nitrogens with zero attached hydrogens (tertiary/aromatic N) is 2. The van der Waals surface area contributed by atoms with E-state index >= 15 is 0 Å². The van der Waals surface area contributed by atoms with Gasteiger partial charge in [-0.3, -0.25) is 4.79 Å². The van der Waals surface area contributed by atoms with Crippen LogP contribution in [0, 0.1) is 0 Å². The molecule has 1 heterocycles. The van der Waals surface area contributed by atoms with Crippen LogP contribution >= 0.6 is 11.6 Å². The number of hydrogen-bond acceptors (Lipinski definition) is 4. The second-order valence-electron chi connectivity index (χ2n) is 4.64. The van der Waals surface area contributed by atoms with E-state index in [1.807, 2.05) is 0 Å². The maximum atomic E-state index is 12.5. The number of likely N-dealkylation sites (N-methyl/N-ethyl adjacent to an activating group) is 1. The number of benzene rings is 1. The van der Waals surface area contributed by atoms with Crippen molar-refractivity contribution in [2.75, 3.05) is 32.7 Å². The summed E-state index contributed by atoms with van der Waals surface area (Å²) in [6.45, 7) is 5.47. The average molecular weight is 317 g/mol. The standard InChI is InChI=1S/C13H17ClN2O3S/c1-2-15-7-9-16(10-8-15)20(18,19)12-5-3-11(4-6-12)13(14)17/h3-6H,2,7-10H2,1H3. The van der Waals surface area contributed by atoms with Crippen molar-refractivity contribution in [3.63, 3.8) is 0 Å². The fourth-order valence-corrected chi connectivity index (χ4v) is 3.74. The van der Waals surface area contributed by atoms with Gasteiger partial charge in [0.15, 0.2) is 0 Å². The first-order chi connectivity index (χ1) is 9.45. The Morgan fingerprint density at radius 1 is 1.15 bits per heavy atom. The lowest BCUT2D eigenvalue weighted by molar-refractivity contribution is 0.108. The molecule has 1 aliphatic rings. The molecule has 0 amide bonds. The van der Waals surface area contributed by atoms with Crippen LogP contribution in [0.5, 0.6) is 0 Å². The lowest BCUT2D eigenvalue weighted by Gasteiger charge is -2.33. The highest BCUT2D eigenvalue weighted by atomic mass is 35.5. The van der Waals surface area contributed by atoms with Crippen LogP contribution in [-0.4, -0.2) is 55.6 Å². The van der Waals surface area contributed by atoms with Gasteiger partial charge in [0.2, 0.25) is 10.0 Å². The maximum Gasteiger partial charge on any atom is 0.252 e. The second kappa shape index (κ2) is 6.22. The van der Waals surface area contributed by atoms with Crippen molar-refractivity contribution >= 4 is 26.9 Å². The van der Waals surface area contributed by atoms with E-state index < -0.39 is 15.3 Å². The van der Waals surface area contributed by atoms with Gasteiger partial charge in [-0.2, -0.15) is 4.31 Å². The highest BCUT2D eigenvalue weighted by Gasteiger charge is 2.27. The molecule has 0 saturated carbocycles. The smallest absolute Gasteiger partial charge is 0.252 e. The fraction of sp³-hybridized carbons (Fsp3) is 0.462. The van der Waals surface area contributed by atoms with Crippen molar-refractivity contribution < 1.29 is 13.2 Å². The van der Waals surface area contributed by atoms with Crippen LogP contribution in [0.25, 0.3) is 0 Å². The molecule has 1 aromatic carbocycles. The second-order valence-corrected chi connectivity index (χ2v) is 6.92. The molecule has 7 heteroatoms. The molecule has 2 rings (SSSR count). The van der Waals surface area contributed by atoms with E-state index in [2.05, 4.69) is 11.8 Å². The van der Waals surface area contributed by atoms with E-state index in [1.54, 1.807) is 0 Å². The van der Waals surface area contributed by atoms with E-state index in [9.17, 15) is 13.2 Å². The van der Waals surface area contributed by atoms with Crippen molar-refractivity contribution in [1.29, 1.82) is 0 Å². The molecule has 5 nitrogen and oxygen atoms in total. The van der Waals surface area contributed by atoms with Gasteiger partial charge in [0.05, 0.1) is 4.90 Å². The van der Waals surface area contributed by atoms with Crippen LogP contribution in [0.1, 0.15) is 17.3 Å². The van der Waals surface area contributed by atoms with Crippen molar-refractivity contribution in [3.05, 3.63) is 29.8 Å². The Balaban J connectivity index is 2.16. The van der Waals surface area contributed by atoms with Crippen molar-refractivity contribution in [2.24, 2.45) is 0 Å². The predicted molar refractivity (Wildman–Crippen MR) is 77.5 cm³/mol. The van der Waals surface area contributed by atoms with Gasteiger partial charge in [0.1, 0.15) is 0 Å². The molecular formula is C13H17ClN2O3S. The van der Waals surface area contributed by atoms with Gasteiger partial charge < -0.3 is 4.90 Å². The Labute approximate surface area is 124 Å². The topological polar surface area (TPSA) is 57.7 Å². The Kier molecular flexibility index (Phi) is 4.80. The molecule has 0 radical (unpaired) electrons. The van der Waals surface area contributed by atoms with E-state index in [0.29, 0.717) is 18.7 Å². The molecule has 20 heavy (non-hydrogen) atoms. The minimum Gasteiger partial charge on any atom is -0.301 e. The number of sulfonamides is 1. The molecule has 0 spiro atoms. The molecule has 0 N–H and O–H groups in total. The molecular weight excluding hydrogens is 300 g/mol. The SMILES string of the molecule is CCN1CCN(S(=O)(=O)c2ccc(C(=O)Cl)cc2)CC1. The Hall–Kier alpha value is -0.950. The molecule has 0 unspecified atom stereocenters. The van der Waals surface area contributed by atoms with Crippen LogP contribution < -0.4 is 0 Å². The highest BCUT2D eigenvalue weighted by molar-refractivity contribution is 7.89. The van der Waals surface area contributed by atoms with Crippen LogP contribution in [0.2, 0.25) is 0 Å². The first-order valence-corrected chi connectivity index (χ1v) is 8.29. The lowest BCUT2D eigenvalue weighted by atomic mass is 10.2. The van der Waals surface area contributed by atoms with Crippen molar-refractivity contribution in [1.82, 2.24) is 9.21 Å².